The molecule has 1 amide bonds. The van der Waals surface area contributed by atoms with Gasteiger partial charge in [0.15, 0.2) is 0 Å². The van der Waals surface area contributed by atoms with Gasteiger partial charge < -0.3 is 16.0 Å². The maximum Gasteiger partial charge on any atom is 0.253 e. The number of amides is 1. The molecule has 3 N–H and O–H groups in total. The number of nitrogens with zero attached hydrogens (tertiary/aromatic N) is 1. The second kappa shape index (κ2) is 6.39. The van der Waals surface area contributed by atoms with Gasteiger partial charge in [0.05, 0.1) is 5.56 Å². The zero-order chi connectivity index (χ0) is 13.8. The van der Waals surface area contributed by atoms with E-state index in [1.165, 1.54) is 0 Å². The summed E-state index contributed by atoms with van der Waals surface area (Å²) in [5, 5.41) is 2.99. The Morgan fingerprint density at radius 3 is 2.84 bits per heavy atom. The summed E-state index contributed by atoms with van der Waals surface area (Å²) in [5.41, 5.74) is 6.89. The molecular weight excluding hydrogens is 306 g/mol. The topological polar surface area (TPSA) is 58.4 Å². The molecule has 0 radical (unpaired) electrons. The number of nitrogen functional groups attached to an aromatic ring is 1. The summed E-state index contributed by atoms with van der Waals surface area (Å²) in [5.74, 6) is 0.492. The number of benzene rings is 1. The third-order valence-electron chi connectivity index (χ3n) is 3.65. The number of hydrogen-bond donors (Lipinski definition) is 2. The number of likely N-dealkylation sites (tertiary alicyclic amines) is 1. The molecule has 0 saturated carbocycles. The number of nitrogens with one attached hydrogen (secondary N) is 1. The molecule has 0 atom stereocenters. The van der Waals surface area contributed by atoms with E-state index < -0.39 is 0 Å². The molecule has 4 nitrogen and oxygen atoms in total. The lowest BCUT2D eigenvalue weighted by atomic mass is 9.97. The standard InChI is InChI=1S/C14H20BrN3O/c1-18-6-4-10(5-7-18)9-17-14(19)12-8-11(15)2-3-13(12)16/h2-3,8,10H,4-7,9,16H2,1H3,(H,17,19). The van der Waals surface area contributed by atoms with Crippen molar-refractivity contribution < 1.29 is 4.79 Å². The molecule has 1 aliphatic rings. The predicted molar refractivity (Wildman–Crippen MR) is 81.1 cm³/mol. The molecule has 2 rings (SSSR count). The zero-order valence-corrected chi connectivity index (χ0v) is 12.7. The first-order valence-corrected chi connectivity index (χ1v) is 7.37. The Bertz CT molecular complexity index is 456. The van der Waals surface area contributed by atoms with Gasteiger partial charge in [-0.3, -0.25) is 4.79 Å². The van der Waals surface area contributed by atoms with Crippen LogP contribution in [-0.4, -0.2) is 37.5 Å². The molecule has 1 saturated heterocycles. The van der Waals surface area contributed by atoms with Gasteiger partial charge in [0.1, 0.15) is 0 Å². The first kappa shape index (κ1) is 14.3. The van der Waals surface area contributed by atoms with Crippen molar-refractivity contribution in [1.82, 2.24) is 10.2 Å². The molecule has 0 bridgehead atoms. The fourth-order valence-corrected chi connectivity index (χ4v) is 2.68. The van der Waals surface area contributed by atoms with E-state index in [9.17, 15) is 4.79 Å². The van der Waals surface area contributed by atoms with Crippen molar-refractivity contribution in [1.29, 1.82) is 0 Å². The lowest BCUT2D eigenvalue weighted by molar-refractivity contribution is 0.0940. The molecule has 104 valence electrons. The van der Waals surface area contributed by atoms with Crippen molar-refractivity contribution in [2.75, 3.05) is 32.4 Å². The first-order valence-electron chi connectivity index (χ1n) is 6.58. The zero-order valence-electron chi connectivity index (χ0n) is 11.2. The SMILES string of the molecule is CN1CCC(CNC(=O)c2cc(Br)ccc2N)CC1. The van der Waals surface area contributed by atoms with E-state index in [0.29, 0.717) is 17.2 Å². The summed E-state index contributed by atoms with van der Waals surface area (Å²) in [7, 11) is 2.14. The average molecular weight is 326 g/mol. The van der Waals surface area contributed by atoms with E-state index in [-0.39, 0.29) is 5.91 Å². The molecule has 1 aromatic rings. The quantitative estimate of drug-likeness (QED) is 0.837. The van der Waals surface area contributed by atoms with E-state index >= 15 is 0 Å². The second-order valence-electron chi connectivity index (χ2n) is 5.19. The van der Waals surface area contributed by atoms with Gasteiger partial charge in [-0.15, -0.1) is 0 Å². The van der Waals surface area contributed by atoms with Crippen LogP contribution < -0.4 is 11.1 Å². The minimum atomic E-state index is -0.0854. The molecule has 1 fully saturated rings. The lowest BCUT2D eigenvalue weighted by Crippen LogP contribution is -2.37. The van der Waals surface area contributed by atoms with Crippen molar-refractivity contribution in [2.24, 2.45) is 5.92 Å². The molecular formula is C14H20BrN3O. The third-order valence-corrected chi connectivity index (χ3v) is 4.14. The molecule has 1 aromatic carbocycles. The minimum absolute atomic E-state index is 0.0854. The van der Waals surface area contributed by atoms with Crippen LogP contribution in [-0.2, 0) is 0 Å². The predicted octanol–water partition coefficient (Wildman–Crippen LogP) is 2.10. The van der Waals surface area contributed by atoms with Crippen LogP contribution in [0.2, 0.25) is 0 Å². The van der Waals surface area contributed by atoms with Gasteiger partial charge in [0.25, 0.3) is 5.91 Å². The highest BCUT2D eigenvalue weighted by Crippen LogP contribution is 2.19. The van der Waals surface area contributed by atoms with Crippen LogP contribution in [0.15, 0.2) is 22.7 Å². The van der Waals surface area contributed by atoms with Crippen LogP contribution in [0.4, 0.5) is 5.69 Å². The van der Waals surface area contributed by atoms with Crippen LogP contribution in [0.5, 0.6) is 0 Å². The maximum absolute atomic E-state index is 12.1. The summed E-state index contributed by atoms with van der Waals surface area (Å²) in [6, 6.07) is 5.34. The van der Waals surface area contributed by atoms with Gasteiger partial charge in [-0.1, -0.05) is 15.9 Å². The number of hydrogen-bond acceptors (Lipinski definition) is 3. The molecule has 0 aromatic heterocycles. The molecule has 5 heteroatoms. The smallest absolute Gasteiger partial charge is 0.253 e. The van der Waals surface area contributed by atoms with Gasteiger partial charge in [0, 0.05) is 16.7 Å². The molecule has 0 unspecified atom stereocenters. The number of nitrogens with two attached hydrogens (primary N) is 1. The highest BCUT2D eigenvalue weighted by molar-refractivity contribution is 9.10. The Morgan fingerprint density at radius 2 is 2.16 bits per heavy atom. The van der Waals surface area contributed by atoms with Crippen LogP contribution in [0, 0.1) is 5.92 Å². The van der Waals surface area contributed by atoms with E-state index in [1.807, 2.05) is 6.07 Å². The highest BCUT2D eigenvalue weighted by atomic mass is 79.9. The fourth-order valence-electron chi connectivity index (χ4n) is 2.32. The number of anilines is 1. The Labute approximate surface area is 122 Å². The number of carbonyl (C=O) groups excluding carboxylic acids is 1. The minimum Gasteiger partial charge on any atom is -0.398 e. The van der Waals surface area contributed by atoms with Crippen molar-refractivity contribution in [3.63, 3.8) is 0 Å². The summed E-state index contributed by atoms with van der Waals surface area (Å²) in [6.45, 7) is 2.96. The van der Waals surface area contributed by atoms with Crippen molar-refractivity contribution in [3.05, 3.63) is 28.2 Å². The lowest BCUT2D eigenvalue weighted by Gasteiger charge is -2.29. The summed E-state index contributed by atoms with van der Waals surface area (Å²) < 4.78 is 0.867. The van der Waals surface area contributed by atoms with E-state index in [0.717, 1.165) is 36.9 Å². The van der Waals surface area contributed by atoms with Crippen LogP contribution in [0.1, 0.15) is 23.2 Å². The third kappa shape index (κ3) is 3.94. The normalized spacial score (nSPS) is 17.4. The molecule has 0 spiro atoms. The Hall–Kier alpha value is -1.07. The highest BCUT2D eigenvalue weighted by Gasteiger charge is 2.18. The fraction of sp³-hybridized carbons (Fsp3) is 0.500. The Kier molecular flexibility index (Phi) is 4.82. The van der Waals surface area contributed by atoms with Crippen LogP contribution in [0.3, 0.4) is 0 Å². The van der Waals surface area contributed by atoms with Gasteiger partial charge in [-0.2, -0.15) is 0 Å². The van der Waals surface area contributed by atoms with Gasteiger partial charge in [-0.05, 0) is 57.1 Å². The van der Waals surface area contributed by atoms with Crippen LogP contribution >= 0.6 is 15.9 Å². The van der Waals surface area contributed by atoms with E-state index in [4.69, 9.17) is 5.73 Å². The number of rotatable bonds is 3. The largest absolute Gasteiger partial charge is 0.398 e. The number of halogens is 1. The average Bonchev–Trinajstić information content (AvgIpc) is 2.40. The number of carbonyl (C=O) groups is 1. The number of piperidine rings is 1. The van der Waals surface area contributed by atoms with Crippen molar-refractivity contribution in [3.8, 4) is 0 Å². The molecule has 0 aliphatic carbocycles. The van der Waals surface area contributed by atoms with Crippen molar-refractivity contribution in [2.45, 2.75) is 12.8 Å². The summed E-state index contributed by atoms with van der Waals surface area (Å²) >= 11 is 3.36. The maximum atomic E-state index is 12.1. The molecule has 19 heavy (non-hydrogen) atoms. The van der Waals surface area contributed by atoms with Gasteiger partial charge in [0.2, 0.25) is 0 Å². The first-order chi connectivity index (χ1) is 9.06. The summed E-state index contributed by atoms with van der Waals surface area (Å²) in [4.78, 5) is 14.4. The monoisotopic (exact) mass is 325 g/mol. The molecule has 1 heterocycles. The Balaban J connectivity index is 1.89. The van der Waals surface area contributed by atoms with E-state index in [2.05, 4.69) is 33.2 Å². The van der Waals surface area contributed by atoms with E-state index in [1.54, 1.807) is 12.1 Å². The Morgan fingerprint density at radius 1 is 1.47 bits per heavy atom. The summed E-state index contributed by atoms with van der Waals surface area (Å²) in [6.07, 6.45) is 2.29. The van der Waals surface area contributed by atoms with Gasteiger partial charge >= 0.3 is 0 Å². The second-order valence-corrected chi connectivity index (χ2v) is 6.10. The van der Waals surface area contributed by atoms with Crippen LogP contribution in [0.25, 0.3) is 0 Å². The van der Waals surface area contributed by atoms with Gasteiger partial charge in [-0.25, -0.2) is 0 Å². The van der Waals surface area contributed by atoms with Crippen molar-refractivity contribution >= 4 is 27.5 Å². The molecule has 1 aliphatic heterocycles.